The van der Waals surface area contributed by atoms with Crippen LogP contribution >= 0.6 is 0 Å². The summed E-state index contributed by atoms with van der Waals surface area (Å²) >= 11 is 0. The van der Waals surface area contributed by atoms with Crippen LogP contribution in [-0.4, -0.2) is 11.7 Å². The molecule has 0 unspecified atom stereocenters. The van der Waals surface area contributed by atoms with E-state index in [-0.39, 0.29) is 6.61 Å². The molecule has 0 aliphatic heterocycles. The van der Waals surface area contributed by atoms with Gasteiger partial charge in [-0.3, -0.25) is 0 Å². The Hall–Kier alpha value is -1.08. The Morgan fingerprint density at radius 3 is 2.19 bits per heavy atom. The molecule has 0 fully saturated rings. The molecule has 90 valence electrons. The number of hydrogen-bond acceptors (Lipinski definition) is 1. The lowest BCUT2D eigenvalue weighted by molar-refractivity contribution is 0.331. The molecule has 0 aliphatic rings. The molecule has 0 aromatic rings. The zero-order valence-corrected chi connectivity index (χ0v) is 10.6. The van der Waals surface area contributed by atoms with E-state index in [1.165, 1.54) is 5.57 Å². The number of hydrogen-bond donors (Lipinski definition) is 1. The normalized spacial score (nSPS) is 12.7. The van der Waals surface area contributed by atoms with Gasteiger partial charge in [0.25, 0.3) is 0 Å². The van der Waals surface area contributed by atoms with Gasteiger partial charge in [0.1, 0.15) is 0 Å². The first-order valence-electron chi connectivity index (χ1n) is 5.82. The van der Waals surface area contributed by atoms with E-state index in [0.29, 0.717) is 0 Å². The van der Waals surface area contributed by atoms with Crippen molar-refractivity contribution in [2.75, 3.05) is 6.61 Å². The molecule has 0 aliphatic carbocycles. The minimum absolute atomic E-state index is 0.169. The first-order chi connectivity index (χ1) is 7.60. The molecule has 0 saturated heterocycles. The smallest absolute Gasteiger partial charge is 0.0639 e. The molecule has 0 atom stereocenters. The molecule has 0 saturated carbocycles. The average Bonchev–Trinajstić information content (AvgIpc) is 2.28. The highest BCUT2D eigenvalue weighted by molar-refractivity contribution is 5.12. The highest BCUT2D eigenvalue weighted by Crippen LogP contribution is 2.10. The summed E-state index contributed by atoms with van der Waals surface area (Å²) in [6.45, 7) is 11.8. The van der Waals surface area contributed by atoms with E-state index in [1.54, 1.807) is 0 Å². The van der Waals surface area contributed by atoms with Crippen molar-refractivity contribution in [1.82, 2.24) is 0 Å². The van der Waals surface area contributed by atoms with E-state index in [0.717, 1.165) is 36.8 Å². The van der Waals surface area contributed by atoms with E-state index >= 15 is 0 Å². The van der Waals surface area contributed by atoms with Gasteiger partial charge in [-0.2, -0.15) is 0 Å². The van der Waals surface area contributed by atoms with Gasteiger partial charge in [-0.25, -0.2) is 0 Å². The van der Waals surface area contributed by atoms with Gasteiger partial charge in [0, 0.05) is 0 Å². The van der Waals surface area contributed by atoms with Gasteiger partial charge >= 0.3 is 0 Å². The summed E-state index contributed by atoms with van der Waals surface area (Å²) < 4.78 is 0. The molecule has 0 aromatic heterocycles. The second-order valence-corrected chi connectivity index (χ2v) is 4.20. The van der Waals surface area contributed by atoms with Crippen molar-refractivity contribution in [1.29, 1.82) is 0 Å². The van der Waals surface area contributed by atoms with Crippen LogP contribution in [0.4, 0.5) is 0 Å². The van der Waals surface area contributed by atoms with Crippen molar-refractivity contribution in [3.63, 3.8) is 0 Å². The predicted molar refractivity (Wildman–Crippen MR) is 72.4 cm³/mol. The maximum Gasteiger partial charge on any atom is 0.0639 e. The lowest BCUT2D eigenvalue weighted by Crippen LogP contribution is -1.84. The van der Waals surface area contributed by atoms with E-state index in [9.17, 15) is 0 Å². The summed E-state index contributed by atoms with van der Waals surface area (Å²) in [5.74, 6) is 0. The summed E-state index contributed by atoms with van der Waals surface area (Å²) in [5, 5.41) is 8.83. The third kappa shape index (κ3) is 8.25. The van der Waals surface area contributed by atoms with Crippen LogP contribution in [-0.2, 0) is 0 Å². The van der Waals surface area contributed by atoms with E-state index in [2.05, 4.69) is 32.2 Å². The second kappa shape index (κ2) is 9.17. The molecule has 1 nitrogen and oxygen atoms in total. The molecule has 0 heterocycles. The summed E-state index contributed by atoms with van der Waals surface area (Å²) in [4.78, 5) is 0. The van der Waals surface area contributed by atoms with Gasteiger partial charge in [0.2, 0.25) is 0 Å². The lowest BCUT2D eigenvalue weighted by Gasteiger charge is -2.00. The van der Waals surface area contributed by atoms with Crippen LogP contribution in [0.5, 0.6) is 0 Å². The zero-order valence-electron chi connectivity index (χ0n) is 10.6. The van der Waals surface area contributed by atoms with Crippen LogP contribution in [0.1, 0.15) is 39.5 Å². The van der Waals surface area contributed by atoms with Crippen molar-refractivity contribution in [2.45, 2.75) is 39.5 Å². The Morgan fingerprint density at radius 2 is 1.62 bits per heavy atom. The largest absolute Gasteiger partial charge is 0.392 e. The van der Waals surface area contributed by atoms with Crippen LogP contribution in [0.3, 0.4) is 0 Å². The highest BCUT2D eigenvalue weighted by atomic mass is 16.3. The number of allylic oxidation sites excluding steroid dienone is 5. The Bertz CT molecular complexity index is 282. The van der Waals surface area contributed by atoms with Gasteiger partial charge in [-0.05, 0) is 39.5 Å². The monoisotopic (exact) mass is 220 g/mol. The SMILES string of the molecule is C=CC(=C)CC/C=C(\C)CC/C=C(\C)CO. The summed E-state index contributed by atoms with van der Waals surface area (Å²) in [5.41, 5.74) is 3.55. The van der Waals surface area contributed by atoms with Crippen LogP contribution < -0.4 is 0 Å². The minimum Gasteiger partial charge on any atom is -0.392 e. The molecule has 0 rings (SSSR count). The standard InChI is InChI=1S/C15H24O/c1-5-13(2)8-6-9-14(3)10-7-11-15(4)12-16/h5,9,11,16H,1-2,6-8,10,12H2,3-4H3/b14-9+,15-11+. The molecule has 0 bridgehead atoms. The van der Waals surface area contributed by atoms with Crippen molar-refractivity contribution < 1.29 is 5.11 Å². The Kier molecular flexibility index (Phi) is 8.55. The number of aliphatic hydroxyl groups excluding tert-OH is 1. The molecule has 0 amide bonds. The van der Waals surface area contributed by atoms with Crippen molar-refractivity contribution in [3.8, 4) is 0 Å². The minimum atomic E-state index is 0.169. The van der Waals surface area contributed by atoms with Crippen LogP contribution in [0.25, 0.3) is 0 Å². The van der Waals surface area contributed by atoms with Crippen molar-refractivity contribution >= 4 is 0 Å². The second-order valence-electron chi connectivity index (χ2n) is 4.20. The molecular weight excluding hydrogens is 196 g/mol. The van der Waals surface area contributed by atoms with Crippen LogP contribution in [0, 0.1) is 0 Å². The molecular formula is C15H24O. The zero-order chi connectivity index (χ0) is 12.4. The van der Waals surface area contributed by atoms with Gasteiger partial charge in [-0.1, -0.05) is 48.1 Å². The molecule has 0 spiro atoms. The number of rotatable bonds is 8. The molecule has 1 N–H and O–H groups in total. The van der Waals surface area contributed by atoms with Crippen molar-refractivity contribution in [2.24, 2.45) is 0 Å². The predicted octanol–water partition coefficient (Wildman–Crippen LogP) is 4.17. The topological polar surface area (TPSA) is 20.2 Å². The fourth-order valence-electron chi connectivity index (χ4n) is 1.32. The Labute approximate surface area is 99.9 Å². The van der Waals surface area contributed by atoms with E-state index < -0.39 is 0 Å². The third-order valence-electron chi connectivity index (χ3n) is 2.53. The van der Waals surface area contributed by atoms with Crippen molar-refractivity contribution in [3.05, 3.63) is 48.1 Å². The van der Waals surface area contributed by atoms with E-state index in [4.69, 9.17) is 5.11 Å². The average molecular weight is 220 g/mol. The molecule has 0 aromatic carbocycles. The highest BCUT2D eigenvalue weighted by Gasteiger charge is 1.91. The maximum absolute atomic E-state index is 8.83. The fourth-order valence-corrected chi connectivity index (χ4v) is 1.32. The molecule has 1 heteroatoms. The van der Waals surface area contributed by atoms with Gasteiger partial charge < -0.3 is 5.11 Å². The Morgan fingerprint density at radius 1 is 1.06 bits per heavy atom. The summed E-state index contributed by atoms with van der Waals surface area (Å²) in [6.07, 6.45) is 10.3. The Balaban J connectivity index is 3.79. The van der Waals surface area contributed by atoms with Crippen LogP contribution in [0.15, 0.2) is 48.1 Å². The van der Waals surface area contributed by atoms with E-state index in [1.807, 2.05) is 13.0 Å². The molecule has 0 radical (unpaired) electrons. The maximum atomic E-state index is 8.83. The van der Waals surface area contributed by atoms with Gasteiger partial charge in [0.15, 0.2) is 0 Å². The summed E-state index contributed by atoms with van der Waals surface area (Å²) in [7, 11) is 0. The first kappa shape index (κ1) is 14.9. The first-order valence-corrected chi connectivity index (χ1v) is 5.82. The van der Waals surface area contributed by atoms with Gasteiger partial charge in [0.05, 0.1) is 6.61 Å². The molecule has 16 heavy (non-hydrogen) atoms. The van der Waals surface area contributed by atoms with Gasteiger partial charge in [-0.15, -0.1) is 0 Å². The van der Waals surface area contributed by atoms with Crippen LogP contribution in [0.2, 0.25) is 0 Å². The number of aliphatic hydroxyl groups is 1. The summed E-state index contributed by atoms with van der Waals surface area (Å²) in [6, 6.07) is 0. The third-order valence-corrected chi connectivity index (χ3v) is 2.53. The quantitative estimate of drug-likeness (QED) is 0.481. The lowest BCUT2D eigenvalue weighted by atomic mass is 10.1. The fraction of sp³-hybridized carbons (Fsp3) is 0.467.